The predicted octanol–water partition coefficient (Wildman–Crippen LogP) is 2.40. The second-order valence-corrected chi connectivity index (χ2v) is 6.74. The number of carbonyl (C=O) groups is 3. The second kappa shape index (κ2) is 7.40. The van der Waals surface area contributed by atoms with E-state index in [4.69, 9.17) is 10.8 Å². The molecule has 1 aliphatic heterocycles. The van der Waals surface area contributed by atoms with E-state index >= 15 is 0 Å². The quantitative estimate of drug-likeness (QED) is 0.486. The number of benzene rings is 2. The first-order valence-electron chi connectivity index (χ1n) is 7.72. The summed E-state index contributed by atoms with van der Waals surface area (Å²) in [6.45, 7) is 0. The fourth-order valence-corrected chi connectivity index (χ4v) is 3.40. The van der Waals surface area contributed by atoms with Crippen molar-refractivity contribution in [2.75, 3.05) is 4.90 Å². The van der Waals surface area contributed by atoms with Gasteiger partial charge in [-0.2, -0.15) is 0 Å². The van der Waals surface area contributed by atoms with E-state index < -0.39 is 17.1 Å². The molecule has 0 spiro atoms. The Morgan fingerprint density at radius 2 is 1.77 bits per heavy atom. The van der Waals surface area contributed by atoms with Gasteiger partial charge in [-0.1, -0.05) is 30.0 Å². The zero-order chi connectivity index (χ0) is 18.7. The molecule has 3 N–H and O–H groups in total. The third-order valence-electron chi connectivity index (χ3n) is 3.74. The Labute approximate surface area is 153 Å². The fourth-order valence-electron chi connectivity index (χ4n) is 2.52. The summed E-state index contributed by atoms with van der Waals surface area (Å²) in [6, 6.07) is 14.6. The van der Waals surface area contributed by atoms with E-state index in [9.17, 15) is 14.4 Å². The van der Waals surface area contributed by atoms with Crippen LogP contribution in [0.4, 0.5) is 11.4 Å². The van der Waals surface area contributed by atoms with Gasteiger partial charge in [-0.15, -0.1) is 0 Å². The van der Waals surface area contributed by atoms with Crippen LogP contribution in [0.1, 0.15) is 16.8 Å². The van der Waals surface area contributed by atoms with E-state index in [0.29, 0.717) is 11.4 Å². The third kappa shape index (κ3) is 3.75. The Morgan fingerprint density at radius 3 is 2.38 bits per heavy atom. The first kappa shape index (κ1) is 17.7. The number of carbonyl (C=O) groups excluding carboxylic acids is 2. The minimum Gasteiger partial charge on any atom is -0.478 e. The molecule has 7 nitrogen and oxygen atoms in total. The van der Waals surface area contributed by atoms with E-state index in [1.807, 2.05) is 18.2 Å². The molecule has 0 saturated carbocycles. The number of aromatic carboxylic acids is 1. The summed E-state index contributed by atoms with van der Waals surface area (Å²) < 4.78 is 0. The van der Waals surface area contributed by atoms with Gasteiger partial charge in [0.15, 0.2) is 5.17 Å². The molecule has 1 fully saturated rings. The number of carboxylic acids is 1. The summed E-state index contributed by atoms with van der Waals surface area (Å²) in [5.41, 5.74) is 6.98. The number of para-hydroxylation sites is 1. The van der Waals surface area contributed by atoms with Crippen molar-refractivity contribution >= 4 is 46.1 Å². The molecular weight excluding hydrogens is 354 g/mol. The van der Waals surface area contributed by atoms with Gasteiger partial charge in [-0.3, -0.25) is 9.59 Å². The smallest absolute Gasteiger partial charge is 0.335 e. The Hall–Kier alpha value is -3.13. The molecule has 1 heterocycles. The number of rotatable bonds is 4. The van der Waals surface area contributed by atoms with Crippen LogP contribution in [0.5, 0.6) is 0 Å². The van der Waals surface area contributed by atoms with Crippen molar-refractivity contribution in [1.82, 2.24) is 0 Å². The van der Waals surface area contributed by atoms with Gasteiger partial charge in [0.1, 0.15) is 5.25 Å². The monoisotopic (exact) mass is 369 g/mol. The van der Waals surface area contributed by atoms with Crippen LogP contribution >= 0.6 is 11.8 Å². The van der Waals surface area contributed by atoms with Gasteiger partial charge in [-0.05, 0) is 36.4 Å². The Morgan fingerprint density at radius 1 is 1.12 bits per heavy atom. The average Bonchev–Trinajstić information content (AvgIpc) is 2.89. The summed E-state index contributed by atoms with van der Waals surface area (Å²) in [4.78, 5) is 41.0. The van der Waals surface area contributed by atoms with Crippen LogP contribution in [0.25, 0.3) is 0 Å². The molecule has 2 amide bonds. The number of imide groups is 1. The number of aliphatic imine (C=N–C) groups is 1. The highest BCUT2D eigenvalue weighted by Crippen LogP contribution is 2.30. The van der Waals surface area contributed by atoms with Crippen molar-refractivity contribution in [2.45, 2.75) is 11.7 Å². The van der Waals surface area contributed by atoms with Crippen molar-refractivity contribution in [1.29, 1.82) is 0 Å². The van der Waals surface area contributed by atoms with Crippen molar-refractivity contribution < 1.29 is 19.5 Å². The number of carboxylic acid groups (broad SMARTS) is 1. The second-order valence-electron chi connectivity index (χ2n) is 5.52. The van der Waals surface area contributed by atoms with E-state index in [0.717, 1.165) is 16.7 Å². The number of thioether (sulfide) groups is 1. The summed E-state index contributed by atoms with van der Waals surface area (Å²) >= 11 is 1.04. The molecule has 3 rings (SSSR count). The van der Waals surface area contributed by atoms with Crippen molar-refractivity contribution in [3.05, 3.63) is 60.2 Å². The maximum Gasteiger partial charge on any atom is 0.335 e. The summed E-state index contributed by atoms with van der Waals surface area (Å²) in [7, 11) is 0. The number of hydrogen-bond donors (Lipinski definition) is 2. The SMILES string of the molecule is NC(=Nc1ccccc1)S[C@@H]1CC(=O)N(c2ccc(C(=O)O)cc2)C1=O. The van der Waals surface area contributed by atoms with E-state index in [1.54, 1.807) is 12.1 Å². The Kier molecular flexibility index (Phi) is 5.04. The van der Waals surface area contributed by atoms with E-state index in [-0.39, 0.29) is 23.1 Å². The average molecular weight is 369 g/mol. The largest absolute Gasteiger partial charge is 0.478 e. The third-order valence-corrected chi connectivity index (χ3v) is 4.72. The number of hydrogen-bond acceptors (Lipinski definition) is 5. The predicted molar refractivity (Wildman–Crippen MR) is 99.6 cm³/mol. The first-order chi connectivity index (χ1) is 12.5. The zero-order valence-corrected chi connectivity index (χ0v) is 14.3. The van der Waals surface area contributed by atoms with Crippen LogP contribution < -0.4 is 10.6 Å². The fraction of sp³-hybridized carbons (Fsp3) is 0.111. The van der Waals surface area contributed by atoms with Crippen molar-refractivity contribution in [3.63, 3.8) is 0 Å². The van der Waals surface area contributed by atoms with Gasteiger partial charge in [0.05, 0.1) is 16.9 Å². The molecule has 2 aromatic rings. The number of anilines is 1. The number of nitrogens with zero attached hydrogens (tertiary/aromatic N) is 2. The molecule has 26 heavy (non-hydrogen) atoms. The van der Waals surface area contributed by atoms with Crippen LogP contribution in [0.3, 0.4) is 0 Å². The molecule has 0 radical (unpaired) electrons. The molecule has 1 aliphatic rings. The number of amidine groups is 1. The van der Waals surface area contributed by atoms with Crippen molar-refractivity contribution in [3.8, 4) is 0 Å². The van der Waals surface area contributed by atoms with E-state index in [1.165, 1.54) is 24.3 Å². The molecule has 1 atom stereocenters. The van der Waals surface area contributed by atoms with Gasteiger partial charge in [0, 0.05) is 6.42 Å². The lowest BCUT2D eigenvalue weighted by Crippen LogP contribution is -2.31. The molecule has 0 bridgehead atoms. The Bertz CT molecular complexity index is 881. The lowest BCUT2D eigenvalue weighted by atomic mass is 10.2. The topological polar surface area (TPSA) is 113 Å². The van der Waals surface area contributed by atoms with Crippen LogP contribution in [-0.4, -0.2) is 33.3 Å². The van der Waals surface area contributed by atoms with Gasteiger partial charge in [0.2, 0.25) is 11.8 Å². The van der Waals surface area contributed by atoms with Gasteiger partial charge in [-0.25, -0.2) is 14.7 Å². The molecule has 8 heteroatoms. The molecule has 1 saturated heterocycles. The Balaban J connectivity index is 1.74. The summed E-state index contributed by atoms with van der Waals surface area (Å²) in [6.07, 6.45) is 0.00912. The lowest BCUT2D eigenvalue weighted by molar-refractivity contribution is -0.121. The van der Waals surface area contributed by atoms with Crippen LogP contribution in [0.15, 0.2) is 59.6 Å². The molecule has 2 aromatic carbocycles. The van der Waals surface area contributed by atoms with Gasteiger partial charge >= 0.3 is 5.97 Å². The highest BCUT2D eigenvalue weighted by Gasteiger charge is 2.40. The van der Waals surface area contributed by atoms with Gasteiger partial charge < -0.3 is 10.8 Å². The van der Waals surface area contributed by atoms with E-state index in [2.05, 4.69) is 4.99 Å². The molecule has 0 aromatic heterocycles. The van der Waals surface area contributed by atoms with Crippen LogP contribution in [-0.2, 0) is 9.59 Å². The highest BCUT2D eigenvalue weighted by atomic mass is 32.2. The molecular formula is C18H15N3O4S. The summed E-state index contributed by atoms with van der Waals surface area (Å²) in [5, 5.41) is 8.47. The highest BCUT2D eigenvalue weighted by molar-refractivity contribution is 8.15. The first-order valence-corrected chi connectivity index (χ1v) is 8.59. The zero-order valence-electron chi connectivity index (χ0n) is 13.5. The summed E-state index contributed by atoms with van der Waals surface area (Å²) in [5.74, 6) is -1.83. The lowest BCUT2D eigenvalue weighted by Gasteiger charge is -2.15. The minimum absolute atomic E-state index is 0.00912. The maximum atomic E-state index is 12.6. The van der Waals surface area contributed by atoms with Crippen LogP contribution in [0, 0.1) is 0 Å². The normalized spacial score (nSPS) is 17.6. The minimum atomic E-state index is -1.08. The van der Waals surface area contributed by atoms with Crippen molar-refractivity contribution in [2.24, 2.45) is 10.7 Å². The number of amides is 2. The molecule has 0 unspecified atom stereocenters. The molecule has 0 aliphatic carbocycles. The standard InChI is InChI=1S/C18H15N3O4S/c19-18(20-12-4-2-1-3-5-12)26-14-10-15(22)21(16(14)23)13-8-6-11(7-9-13)17(24)25/h1-9,14H,10H2,(H2,19,20)(H,24,25)/t14-/m1/s1. The maximum absolute atomic E-state index is 12.6. The van der Waals surface area contributed by atoms with Gasteiger partial charge in [0.25, 0.3) is 0 Å². The molecule has 132 valence electrons. The van der Waals surface area contributed by atoms with Crippen LogP contribution in [0.2, 0.25) is 0 Å². The number of nitrogens with two attached hydrogens (primary N) is 1.